The summed E-state index contributed by atoms with van der Waals surface area (Å²) in [7, 11) is 1.67. The van der Waals surface area contributed by atoms with Crippen molar-refractivity contribution in [1.29, 1.82) is 0 Å². The number of allylic oxidation sites excluding steroid dienone is 1. The lowest BCUT2D eigenvalue weighted by Crippen LogP contribution is -2.40. The Morgan fingerprint density at radius 3 is 2.97 bits per heavy atom. The van der Waals surface area contributed by atoms with Crippen molar-refractivity contribution in [3.05, 3.63) is 65.6 Å². The third-order valence-corrected chi connectivity index (χ3v) is 5.63. The zero-order valence-electron chi connectivity index (χ0n) is 18.4. The van der Waals surface area contributed by atoms with Gasteiger partial charge in [0.05, 0.1) is 31.2 Å². The maximum Gasteiger partial charge on any atom is 0.270 e. The fourth-order valence-electron chi connectivity index (χ4n) is 3.98. The molecule has 1 unspecified atom stereocenters. The summed E-state index contributed by atoms with van der Waals surface area (Å²) in [6.45, 7) is 2.93. The molecule has 5 rings (SSSR count). The lowest BCUT2D eigenvalue weighted by atomic mass is 10.2. The second-order valence-corrected chi connectivity index (χ2v) is 7.94. The van der Waals surface area contributed by atoms with Crippen LogP contribution < -0.4 is 10.6 Å². The molecule has 1 aromatic carbocycles. The van der Waals surface area contributed by atoms with Crippen molar-refractivity contribution in [1.82, 2.24) is 20.2 Å². The maximum absolute atomic E-state index is 12.8. The molecule has 0 radical (unpaired) electrons. The van der Waals surface area contributed by atoms with Crippen LogP contribution in [0.3, 0.4) is 0 Å². The number of benzene rings is 1. The third-order valence-electron chi connectivity index (χ3n) is 5.63. The number of carbonyl (C=O) groups is 1. The normalized spacial score (nSPS) is 18.2. The monoisotopic (exact) mass is 446 g/mol. The third kappa shape index (κ3) is 4.74. The van der Waals surface area contributed by atoms with E-state index in [9.17, 15) is 4.79 Å². The number of pyridine rings is 1. The number of morpholine rings is 1. The van der Waals surface area contributed by atoms with E-state index in [1.54, 1.807) is 19.5 Å². The highest BCUT2D eigenvalue weighted by Gasteiger charge is 2.20. The van der Waals surface area contributed by atoms with Gasteiger partial charge in [-0.1, -0.05) is 0 Å². The topological polar surface area (TPSA) is 104 Å². The van der Waals surface area contributed by atoms with Crippen molar-refractivity contribution < 1.29 is 14.3 Å². The number of H-pyrrole nitrogens is 1. The number of nitrogens with zero attached hydrogens (tertiary/aromatic N) is 3. The van der Waals surface area contributed by atoms with E-state index >= 15 is 0 Å². The van der Waals surface area contributed by atoms with Gasteiger partial charge in [0, 0.05) is 49.2 Å². The summed E-state index contributed by atoms with van der Waals surface area (Å²) in [5.41, 5.74) is 5.15. The molecule has 9 heteroatoms. The number of aliphatic imine (C=N–C) groups is 1. The minimum atomic E-state index is -0.344. The predicted octanol–water partition coefficient (Wildman–Crippen LogP) is 2.59. The van der Waals surface area contributed by atoms with E-state index in [1.807, 2.05) is 47.4 Å². The van der Waals surface area contributed by atoms with E-state index in [1.165, 1.54) is 0 Å². The van der Waals surface area contributed by atoms with Crippen LogP contribution in [0.4, 0.5) is 5.69 Å². The second-order valence-electron chi connectivity index (χ2n) is 7.94. The number of aromatic nitrogens is 2. The number of fused-ring (bicyclic) bond motifs is 1. The lowest BCUT2D eigenvalue weighted by molar-refractivity contribution is 0.0299. The summed E-state index contributed by atoms with van der Waals surface area (Å²) in [6.07, 6.45) is 5.09. The Morgan fingerprint density at radius 2 is 2.12 bits per heavy atom. The van der Waals surface area contributed by atoms with Crippen molar-refractivity contribution in [3.63, 3.8) is 0 Å². The first kappa shape index (κ1) is 21.2. The van der Waals surface area contributed by atoms with Crippen LogP contribution in [0.5, 0.6) is 0 Å². The van der Waals surface area contributed by atoms with Gasteiger partial charge in [0.15, 0.2) is 6.29 Å². The van der Waals surface area contributed by atoms with Crippen LogP contribution in [0.1, 0.15) is 21.7 Å². The van der Waals surface area contributed by atoms with Gasteiger partial charge in [-0.3, -0.25) is 9.78 Å². The van der Waals surface area contributed by atoms with Crippen molar-refractivity contribution >= 4 is 34.4 Å². The molecule has 170 valence electrons. The fraction of sp³-hybridized carbons (Fsp3) is 0.292. The minimum absolute atomic E-state index is 0.000499. The molecule has 9 nitrogen and oxygen atoms in total. The highest BCUT2D eigenvalue weighted by molar-refractivity contribution is 5.98. The zero-order chi connectivity index (χ0) is 22.6. The van der Waals surface area contributed by atoms with E-state index < -0.39 is 0 Å². The Hall–Kier alpha value is -3.69. The lowest BCUT2D eigenvalue weighted by Gasteiger charge is -2.26. The molecule has 3 N–H and O–H groups in total. The number of amides is 1. The van der Waals surface area contributed by atoms with E-state index in [4.69, 9.17) is 9.47 Å². The molecule has 33 heavy (non-hydrogen) atoms. The second kappa shape index (κ2) is 9.43. The van der Waals surface area contributed by atoms with Gasteiger partial charge in [0.2, 0.25) is 0 Å². The van der Waals surface area contributed by atoms with Gasteiger partial charge in [-0.2, -0.15) is 0 Å². The van der Waals surface area contributed by atoms with Gasteiger partial charge in [-0.25, -0.2) is 4.99 Å². The molecule has 4 heterocycles. The van der Waals surface area contributed by atoms with Crippen molar-refractivity contribution in [2.75, 3.05) is 38.7 Å². The summed E-state index contributed by atoms with van der Waals surface area (Å²) in [5, 5.41) is 7.72. The van der Waals surface area contributed by atoms with Crippen LogP contribution >= 0.6 is 0 Å². The molecule has 1 fully saturated rings. The Labute approximate surface area is 191 Å². The number of methoxy groups -OCH3 is 1. The molecule has 2 aromatic heterocycles. The van der Waals surface area contributed by atoms with E-state index in [0.29, 0.717) is 38.6 Å². The van der Waals surface area contributed by atoms with Crippen LogP contribution in [-0.2, 0) is 16.1 Å². The first-order valence-corrected chi connectivity index (χ1v) is 10.9. The summed E-state index contributed by atoms with van der Waals surface area (Å²) in [5.74, 6) is 0.000499. The largest absolute Gasteiger partial charge is 0.380 e. The fourth-order valence-corrected chi connectivity index (χ4v) is 3.98. The summed E-state index contributed by atoms with van der Waals surface area (Å²) >= 11 is 0. The summed E-state index contributed by atoms with van der Waals surface area (Å²) < 4.78 is 10.6. The standard InChI is InChI=1S/C24H26N6O3/c1-32-15-16-4-6-25-21(12-16)20-5-7-26-24(29-20)27-18-2-3-19-17(13-18)14-22(28-19)23(31)30-8-10-33-11-9-30/h2-7,12-14,24,27-29H,8-11,15H2,1H3. The predicted molar refractivity (Wildman–Crippen MR) is 127 cm³/mol. The minimum Gasteiger partial charge on any atom is -0.380 e. The van der Waals surface area contributed by atoms with Crippen molar-refractivity contribution in [2.45, 2.75) is 12.9 Å². The van der Waals surface area contributed by atoms with Crippen molar-refractivity contribution in [3.8, 4) is 0 Å². The number of rotatable bonds is 6. The molecular formula is C24H26N6O3. The number of ether oxygens (including phenoxy) is 2. The Kier molecular flexibility index (Phi) is 6.05. The number of hydrogen-bond donors (Lipinski definition) is 3. The molecule has 0 saturated carbocycles. The Bertz CT molecular complexity index is 1210. The average molecular weight is 447 g/mol. The molecule has 0 aliphatic carbocycles. The number of nitrogens with one attached hydrogen (secondary N) is 3. The highest BCUT2D eigenvalue weighted by Crippen LogP contribution is 2.23. The molecule has 1 amide bonds. The molecule has 0 spiro atoms. The summed E-state index contributed by atoms with van der Waals surface area (Å²) in [6, 6.07) is 11.8. The van der Waals surface area contributed by atoms with Crippen LogP contribution in [0.25, 0.3) is 16.6 Å². The quantitative estimate of drug-likeness (QED) is 0.538. The SMILES string of the molecule is COCc1ccnc(C2=CC=NC(Nc3ccc4[nH]c(C(=O)N5CCOCC5)cc4c3)N2)c1. The molecule has 1 atom stereocenters. The molecule has 2 aliphatic rings. The van der Waals surface area contributed by atoms with Crippen LogP contribution in [0.2, 0.25) is 0 Å². The Balaban J connectivity index is 1.28. The number of carbonyl (C=O) groups excluding carboxylic acids is 1. The number of anilines is 1. The van der Waals surface area contributed by atoms with E-state index in [2.05, 4.69) is 25.6 Å². The molecule has 3 aromatic rings. The van der Waals surface area contributed by atoms with Gasteiger partial charge in [0.1, 0.15) is 5.69 Å². The van der Waals surface area contributed by atoms with Gasteiger partial charge in [-0.05, 0) is 48.0 Å². The van der Waals surface area contributed by atoms with Crippen LogP contribution in [0, 0.1) is 0 Å². The van der Waals surface area contributed by atoms with Gasteiger partial charge < -0.3 is 30.0 Å². The van der Waals surface area contributed by atoms with Crippen molar-refractivity contribution in [2.24, 2.45) is 4.99 Å². The smallest absolute Gasteiger partial charge is 0.270 e. The summed E-state index contributed by atoms with van der Waals surface area (Å²) in [4.78, 5) is 26.8. The molecule has 1 saturated heterocycles. The van der Waals surface area contributed by atoms with Gasteiger partial charge in [0.25, 0.3) is 5.91 Å². The van der Waals surface area contributed by atoms with E-state index in [-0.39, 0.29) is 12.2 Å². The number of aromatic amines is 1. The van der Waals surface area contributed by atoms with Crippen LogP contribution in [-0.4, -0.2) is 66.7 Å². The first-order valence-electron chi connectivity index (χ1n) is 10.9. The maximum atomic E-state index is 12.8. The molecule has 2 aliphatic heterocycles. The average Bonchev–Trinajstić information content (AvgIpc) is 3.28. The van der Waals surface area contributed by atoms with Gasteiger partial charge >= 0.3 is 0 Å². The Morgan fingerprint density at radius 1 is 1.24 bits per heavy atom. The van der Waals surface area contributed by atoms with Gasteiger partial charge in [-0.15, -0.1) is 0 Å². The molecule has 0 bridgehead atoms. The van der Waals surface area contributed by atoms with E-state index in [0.717, 1.165) is 33.5 Å². The van der Waals surface area contributed by atoms with Crippen LogP contribution in [0.15, 0.2) is 53.7 Å². The number of hydrogen-bond acceptors (Lipinski definition) is 7. The first-order chi connectivity index (χ1) is 16.2. The highest BCUT2D eigenvalue weighted by atomic mass is 16.5. The zero-order valence-corrected chi connectivity index (χ0v) is 18.4. The molecular weight excluding hydrogens is 420 g/mol.